The molecular formula is C28H28N4O4S. The fourth-order valence-corrected chi connectivity index (χ4v) is 5.09. The van der Waals surface area contributed by atoms with Gasteiger partial charge in [0.2, 0.25) is 5.88 Å². The molecule has 1 N–H and O–H groups in total. The predicted octanol–water partition coefficient (Wildman–Crippen LogP) is 5.15. The number of carbonyl (C=O) groups excluding carboxylic acids is 1. The lowest BCUT2D eigenvalue weighted by Crippen LogP contribution is -2.18. The highest BCUT2D eigenvalue weighted by atomic mass is 32.1. The topological polar surface area (TPSA) is 103 Å². The molecule has 0 unspecified atom stereocenters. The molecule has 0 bridgehead atoms. The number of hydrogen-bond donors (Lipinski definition) is 1. The highest BCUT2D eigenvalue weighted by Gasteiger charge is 2.41. The van der Waals surface area contributed by atoms with E-state index < -0.39 is 5.60 Å². The molecule has 0 amide bonds. The van der Waals surface area contributed by atoms with Gasteiger partial charge in [-0.15, -0.1) is 0 Å². The third-order valence-electron chi connectivity index (χ3n) is 6.58. The summed E-state index contributed by atoms with van der Waals surface area (Å²) in [6.45, 7) is 6.44. The first-order chi connectivity index (χ1) is 17.6. The van der Waals surface area contributed by atoms with Crippen LogP contribution in [-0.4, -0.2) is 42.6 Å². The second-order valence-corrected chi connectivity index (χ2v) is 11.8. The van der Waals surface area contributed by atoms with E-state index in [1.54, 1.807) is 0 Å². The minimum absolute atomic E-state index is 0.0950. The van der Waals surface area contributed by atoms with Crippen molar-refractivity contribution in [3.8, 4) is 17.1 Å². The Morgan fingerprint density at radius 2 is 1.92 bits per heavy atom. The van der Waals surface area contributed by atoms with Gasteiger partial charge in [0.05, 0.1) is 28.9 Å². The fraction of sp³-hybridized carbons (Fsp3) is 0.357. The summed E-state index contributed by atoms with van der Waals surface area (Å²) < 4.78 is 13.1. The molecule has 1 aromatic carbocycles. The van der Waals surface area contributed by atoms with Crippen LogP contribution < -0.4 is 4.74 Å². The third-order valence-corrected chi connectivity index (χ3v) is 7.54. The number of aromatic nitrogens is 4. The zero-order chi connectivity index (χ0) is 25.8. The number of Topliss-reactive ketones (excluding diaryl/α,β-unsaturated/α-hetero) is 1. The van der Waals surface area contributed by atoms with Gasteiger partial charge in [0, 0.05) is 35.7 Å². The van der Waals surface area contributed by atoms with Crippen LogP contribution in [0, 0.1) is 0 Å². The minimum Gasteiger partial charge on any atom is -0.475 e. The average Bonchev–Trinajstić information content (AvgIpc) is 3.19. The summed E-state index contributed by atoms with van der Waals surface area (Å²) in [6, 6.07) is 13.6. The van der Waals surface area contributed by atoms with Gasteiger partial charge in [0.1, 0.15) is 23.0 Å². The summed E-state index contributed by atoms with van der Waals surface area (Å²) >= 11 is 1.50. The zero-order valence-electron chi connectivity index (χ0n) is 21.0. The Kier molecular flexibility index (Phi) is 5.65. The Labute approximate surface area is 217 Å². The van der Waals surface area contributed by atoms with E-state index in [9.17, 15) is 9.90 Å². The normalized spacial score (nSPS) is 14.9. The van der Waals surface area contributed by atoms with Crippen molar-refractivity contribution >= 4 is 32.4 Å². The molecule has 1 aliphatic rings. The molecular weight excluding hydrogens is 488 g/mol. The van der Waals surface area contributed by atoms with E-state index >= 15 is 0 Å². The van der Waals surface area contributed by atoms with Crippen molar-refractivity contribution in [1.82, 2.24) is 19.5 Å². The minimum atomic E-state index is -0.675. The lowest BCUT2D eigenvalue weighted by molar-refractivity contribution is -0.117. The van der Waals surface area contributed by atoms with E-state index in [4.69, 9.17) is 14.2 Å². The molecule has 0 radical (unpaired) electrons. The highest BCUT2D eigenvalue weighted by Crippen LogP contribution is 2.36. The number of carbonyl (C=O) groups is 1. The van der Waals surface area contributed by atoms with Crippen molar-refractivity contribution in [2.45, 2.75) is 57.5 Å². The Bertz CT molecular complexity index is 1600. The lowest BCUT2D eigenvalue weighted by atomic mass is 9.93. The number of hydrogen-bond acceptors (Lipinski definition) is 8. The molecule has 0 saturated heterocycles. The van der Waals surface area contributed by atoms with E-state index in [1.807, 2.05) is 53.1 Å². The van der Waals surface area contributed by atoms with Crippen LogP contribution in [0.5, 0.6) is 5.88 Å². The highest BCUT2D eigenvalue weighted by molar-refractivity contribution is 7.23. The number of ether oxygens (including phenoxy) is 1. The van der Waals surface area contributed by atoms with Gasteiger partial charge in [-0.05, 0) is 24.5 Å². The maximum Gasteiger partial charge on any atom is 0.214 e. The van der Waals surface area contributed by atoms with Gasteiger partial charge in [-0.25, -0.2) is 9.97 Å². The molecule has 0 aliphatic heterocycles. The van der Waals surface area contributed by atoms with Crippen LogP contribution >= 0.6 is 11.3 Å². The van der Waals surface area contributed by atoms with Crippen LogP contribution in [0.1, 0.15) is 50.6 Å². The smallest absolute Gasteiger partial charge is 0.214 e. The van der Waals surface area contributed by atoms with Gasteiger partial charge in [-0.2, -0.15) is 0 Å². The molecule has 0 atom stereocenters. The lowest BCUT2D eigenvalue weighted by Gasteiger charge is -2.12. The summed E-state index contributed by atoms with van der Waals surface area (Å²) in [6.07, 6.45) is 4.16. The quantitative estimate of drug-likeness (QED) is 0.304. The second-order valence-electron chi connectivity index (χ2n) is 10.9. The maximum atomic E-state index is 12.6. The standard InChI is InChI=1S/C28H28N4O4S/c1-27(2,3)23-14-19(31-36-23)13-20(33)12-17-4-6-18(7-5-17)21-15-32-22-8-9-24(35-16-28(34)10-11-28)30-25(22)37-26(32)29-21/h4-9,14-15,34H,10-13,16H2,1-3H3. The molecule has 5 aromatic rings. The first-order valence-electron chi connectivity index (χ1n) is 12.4. The number of benzene rings is 1. The number of thiazole rings is 1. The van der Waals surface area contributed by atoms with Gasteiger partial charge in [-0.3, -0.25) is 9.20 Å². The third kappa shape index (κ3) is 5.01. The van der Waals surface area contributed by atoms with Crippen LogP contribution in [0.3, 0.4) is 0 Å². The number of imidazole rings is 1. The van der Waals surface area contributed by atoms with Crippen LogP contribution in [0.25, 0.3) is 26.6 Å². The summed E-state index contributed by atoms with van der Waals surface area (Å²) in [4.78, 5) is 23.6. The molecule has 1 fully saturated rings. The molecule has 0 spiro atoms. The molecule has 1 saturated carbocycles. The summed E-state index contributed by atoms with van der Waals surface area (Å²) in [7, 11) is 0. The Morgan fingerprint density at radius 1 is 1.14 bits per heavy atom. The summed E-state index contributed by atoms with van der Waals surface area (Å²) in [5, 5.41) is 14.0. The van der Waals surface area contributed by atoms with Crippen molar-refractivity contribution in [2.24, 2.45) is 0 Å². The van der Waals surface area contributed by atoms with E-state index in [2.05, 4.69) is 30.9 Å². The van der Waals surface area contributed by atoms with Gasteiger partial charge < -0.3 is 14.4 Å². The SMILES string of the molecule is CC(C)(C)c1cc(CC(=O)Cc2ccc(-c3cn4c(n3)sc3nc(OCC5(O)CC5)ccc34)cc2)no1. The first-order valence-corrected chi connectivity index (χ1v) is 13.2. The molecule has 6 rings (SSSR count). The van der Waals surface area contributed by atoms with E-state index in [-0.39, 0.29) is 24.2 Å². The monoisotopic (exact) mass is 516 g/mol. The van der Waals surface area contributed by atoms with Crippen LogP contribution in [0.2, 0.25) is 0 Å². The van der Waals surface area contributed by atoms with Gasteiger partial charge >= 0.3 is 0 Å². The summed E-state index contributed by atoms with van der Waals surface area (Å²) in [5.74, 6) is 1.39. The molecule has 8 nitrogen and oxygen atoms in total. The largest absolute Gasteiger partial charge is 0.475 e. The number of nitrogens with zero attached hydrogens (tertiary/aromatic N) is 4. The number of aliphatic hydroxyl groups is 1. The number of rotatable bonds is 8. The van der Waals surface area contributed by atoms with E-state index in [0.29, 0.717) is 18.0 Å². The van der Waals surface area contributed by atoms with Crippen molar-refractivity contribution in [3.05, 3.63) is 65.7 Å². The van der Waals surface area contributed by atoms with E-state index in [0.717, 1.165) is 50.7 Å². The average molecular weight is 517 g/mol. The zero-order valence-corrected chi connectivity index (χ0v) is 21.8. The van der Waals surface area contributed by atoms with E-state index in [1.165, 1.54) is 11.3 Å². The van der Waals surface area contributed by atoms with Gasteiger partial charge in [0.25, 0.3) is 0 Å². The van der Waals surface area contributed by atoms with Crippen molar-refractivity contribution in [2.75, 3.05) is 6.61 Å². The maximum absolute atomic E-state index is 12.6. The molecule has 9 heteroatoms. The predicted molar refractivity (Wildman–Crippen MR) is 141 cm³/mol. The number of pyridine rings is 1. The molecule has 4 heterocycles. The van der Waals surface area contributed by atoms with Crippen LogP contribution in [0.4, 0.5) is 0 Å². The first kappa shape index (κ1) is 23.8. The fourth-order valence-electron chi connectivity index (χ4n) is 4.12. The number of fused-ring (bicyclic) bond motifs is 3. The molecule has 1 aliphatic carbocycles. The Balaban J connectivity index is 1.13. The van der Waals surface area contributed by atoms with Crippen LogP contribution in [-0.2, 0) is 23.1 Å². The molecule has 37 heavy (non-hydrogen) atoms. The second kappa shape index (κ2) is 8.78. The van der Waals surface area contributed by atoms with Crippen LogP contribution in [0.15, 0.2) is 53.2 Å². The Morgan fingerprint density at radius 3 is 2.62 bits per heavy atom. The van der Waals surface area contributed by atoms with Crippen molar-refractivity contribution < 1.29 is 19.2 Å². The molecule has 190 valence electrons. The molecule has 4 aromatic heterocycles. The van der Waals surface area contributed by atoms with Crippen molar-refractivity contribution in [1.29, 1.82) is 0 Å². The van der Waals surface area contributed by atoms with Gasteiger partial charge in [-0.1, -0.05) is 61.5 Å². The van der Waals surface area contributed by atoms with Gasteiger partial charge in [0.15, 0.2) is 4.96 Å². The Hall–Kier alpha value is -3.56. The summed E-state index contributed by atoms with van der Waals surface area (Å²) in [5.41, 5.74) is 3.62. The number of ketones is 1. The van der Waals surface area contributed by atoms with Crippen molar-refractivity contribution in [3.63, 3.8) is 0 Å².